The Morgan fingerprint density at radius 3 is 2.74 bits per heavy atom. The van der Waals surface area contributed by atoms with E-state index < -0.39 is 11.6 Å². The molecule has 0 N–H and O–H groups in total. The lowest BCUT2D eigenvalue weighted by Crippen LogP contribution is -2.18. The first-order valence-corrected chi connectivity index (χ1v) is 7.00. The highest BCUT2D eigenvalue weighted by molar-refractivity contribution is 5.57. The molecule has 0 spiro atoms. The molecule has 2 aromatic heterocycles. The highest BCUT2D eigenvalue weighted by atomic mass is 19.2. The van der Waals surface area contributed by atoms with Crippen molar-refractivity contribution in [2.24, 2.45) is 0 Å². The van der Waals surface area contributed by atoms with Crippen LogP contribution in [-0.2, 0) is 6.54 Å². The van der Waals surface area contributed by atoms with Crippen LogP contribution in [0.25, 0.3) is 23.0 Å². The molecule has 0 aliphatic rings. The molecule has 0 saturated heterocycles. The molecule has 0 fully saturated rings. The minimum atomic E-state index is -0.957. The third-order valence-electron chi connectivity index (χ3n) is 3.24. The van der Waals surface area contributed by atoms with Crippen LogP contribution in [0.2, 0.25) is 0 Å². The van der Waals surface area contributed by atoms with E-state index in [1.54, 1.807) is 10.7 Å². The van der Waals surface area contributed by atoms with E-state index in [1.807, 2.05) is 20.3 Å². The second kappa shape index (κ2) is 6.25. The second-order valence-electron chi connectivity index (χ2n) is 5.32. The first kappa shape index (κ1) is 15.3. The quantitative estimate of drug-likeness (QED) is 0.723. The van der Waals surface area contributed by atoms with Gasteiger partial charge in [-0.3, -0.25) is 4.68 Å². The highest BCUT2D eigenvalue weighted by Gasteiger charge is 2.14. The lowest BCUT2D eigenvalue weighted by atomic mass is 10.2. The number of hydrogen-bond donors (Lipinski definition) is 0. The summed E-state index contributed by atoms with van der Waals surface area (Å²) < 4.78 is 33.2. The second-order valence-corrected chi connectivity index (χ2v) is 5.32. The normalized spacial score (nSPS) is 11.3. The van der Waals surface area contributed by atoms with E-state index >= 15 is 0 Å². The van der Waals surface area contributed by atoms with Gasteiger partial charge in [0.05, 0.1) is 6.54 Å². The maximum atomic E-state index is 13.3. The Labute approximate surface area is 131 Å². The maximum absolute atomic E-state index is 13.3. The number of halogens is 2. The fraction of sp³-hybridized carbons (Fsp3) is 0.267. The van der Waals surface area contributed by atoms with E-state index in [0.717, 1.165) is 25.2 Å². The van der Waals surface area contributed by atoms with Crippen molar-refractivity contribution in [3.05, 3.63) is 42.1 Å². The van der Waals surface area contributed by atoms with Gasteiger partial charge in [-0.05, 0) is 38.4 Å². The van der Waals surface area contributed by atoms with Gasteiger partial charge in [0.2, 0.25) is 5.82 Å². The Kier molecular flexibility index (Phi) is 4.16. The third kappa shape index (κ3) is 3.42. The molecule has 0 radical (unpaired) electrons. The Bertz CT molecular complexity index is 812. The molecule has 3 aromatic rings. The van der Waals surface area contributed by atoms with Gasteiger partial charge < -0.3 is 9.42 Å². The van der Waals surface area contributed by atoms with Gasteiger partial charge in [-0.1, -0.05) is 5.16 Å². The first-order chi connectivity index (χ1) is 11.0. The average molecular weight is 319 g/mol. The van der Waals surface area contributed by atoms with Crippen LogP contribution in [0.15, 0.2) is 35.0 Å². The molecule has 0 bridgehead atoms. The minimum absolute atomic E-state index is 0.182. The van der Waals surface area contributed by atoms with Crippen molar-refractivity contribution in [3.63, 3.8) is 0 Å². The molecule has 2 heterocycles. The summed E-state index contributed by atoms with van der Waals surface area (Å²) >= 11 is 0. The van der Waals surface area contributed by atoms with Crippen molar-refractivity contribution in [1.29, 1.82) is 0 Å². The van der Waals surface area contributed by atoms with E-state index in [-0.39, 0.29) is 11.7 Å². The Morgan fingerprint density at radius 2 is 2.00 bits per heavy atom. The molecule has 0 amide bonds. The highest BCUT2D eigenvalue weighted by Crippen LogP contribution is 2.22. The fourth-order valence-electron chi connectivity index (χ4n) is 1.98. The predicted molar refractivity (Wildman–Crippen MR) is 79.4 cm³/mol. The van der Waals surface area contributed by atoms with Crippen molar-refractivity contribution in [2.75, 3.05) is 20.6 Å². The minimum Gasteiger partial charge on any atom is -0.332 e. The Morgan fingerprint density at radius 1 is 1.17 bits per heavy atom. The molecular formula is C15H15F2N5O. The van der Waals surface area contributed by atoms with Gasteiger partial charge in [-0.2, -0.15) is 10.1 Å². The molecule has 1 aromatic carbocycles. The van der Waals surface area contributed by atoms with Gasteiger partial charge in [0.25, 0.3) is 5.89 Å². The summed E-state index contributed by atoms with van der Waals surface area (Å²) in [6.45, 7) is 1.59. The van der Waals surface area contributed by atoms with Gasteiger partial charge in [-0.15, -0.1) is 0 Å². The number of aromatic nitrogens is 4. The van der Waals surface area contributed by atoms with Gasteiger partial charge in [0.1, 0.15) is 0 Å². The first-order valence-electron chi connectivity index (χ1n) is 7.00. The van der Waals surface area contributed by atoms with E-state index in [1.165, 1.54) is 6.07 Å². The molecule has 3 rings (SSSR count). The standard InChI is InChI=1S/C15H15F2N5O/c1-21(2)7-8-22-6-5-13(19-22)15-18-14(20-23-15)10-3-4-11(16)12(17)9-10/h3-6,9H,7-8H2,1-2H3. The van der Waals surface area contributed by atoms with Crippen LogP contribution in [0.4, 0.5) is 8.78 Å². The number of hydrogen-bond acceptors (Lipinski definition) is 5. The zero-order chi connectivity index (χ0) is 16.4. The van der Waals surface area contributed by atoms with E-state index in [0.29, 0.717) is 11.3 Å². The Hall–Kier alpha value is -2.61. The van der Waals surface area contributed by atoms with Crippen LogP contribution in [-0.4, -0.2) is 45.5 Å². The molecule has 0 saturated carbocycles. The molecule has 0 aliphatic carbocycles. The summed E-state index contributed by atoms with van der Waals surface area (Å²) in [7, 11) is 3.97. The molecule has 120 valence electrons. The number of rotatable bonds is 5. The topological polar surface area (TPSA) is 60.0 Å². The summed E-state index contributed by atoms with van der Waals surface area (Å²) in [5.41, 5.74) is 0.871. The van der Waals surface area contributed by atoms with Gasteiger partial charge in [-0.25, -0.2) is 8.78 Å². The largest absolute Gasteiger partial charge is 0.332 e. The number of benzene rings is 1. The summed E-state index contributed by atoms with van der Waals surface area (Å²) in [4.78, 5) is 6.23. The van der Waals surface area contributed by atoms with Crippen LogP contribution >= 0.6 is 0 Å². The van der Waals surface area contributed by atoms with Crippen molar-refractivity contribution in [3.8, 4) is 23.0 Å². The van der Waals surface area contributed by atoms with Gasteiger partial charge >= 0.3 is 0 Å². The lowest BCUT2D eigenvalue weighted by Gasteiger charge is -2.08. The SMILES string of the molecule is CN(C)CCn1ccc(-c2nc(-c3ccc(F)c(F)c3)no2)n1. The van der Waals surface area contributed by atoms with Gasteiger partial charge in [0.15, 0.2) is 17.3 Å². The predicted octanol–water partition coefficient (Wildman–Crippen LogP) is 2.44. The third-order valence-corrected chi connectivity index (χ3v) is 3.24. The summed E-state index contributed by atoms with van der Waals surface area (Å²) in [5.74, 6) is -1.46. The van der Waals surface area contributed by atoms with Crippen LogP contribution in [0.1, 0.15) is 0 Å². The lowest BCUT2D eigenvalue weighted by molar-refractivity contribution is 0.373. The number of likely N-dealkylation sites (N-methyl/N-ethyl adjacent to an activating group) is 1. The van der Waals surface area contributed by atoms with Crippen molar-refractivity contribution in [2.45, 2.75) is 6.54 Å². The van der Waals surface area contributed by atoms with E-state index in [9.17, 15) is 8.78 Å². The van der Waals surface area contributed by atoms with Crippen molar-refractivity contribution >= 4 is 0 Å². The maximum Gasteiger partial charge on any atom is 0.278 e. The fourth-order valence-corrected chi connectivity index (χ4v) is 1.98. The van der Waals surface area contributed by atoms with Gasteiger partial charge in [0, 0.05) is 18.3 Å². The van der Waals surface area contributed by atoms with Crippen LogP contribution in [0.5, 0.6) is 0 Å². The van der Waals surface area contributed by atoms with Crippen molar-refractivity contribution in [1.82, 2.24) is 24.8 Å². The summed E-state index contributed by atoms with van der Waals surface area (Å²) in [6, 6.07) is 5.21. The van der Waals surface area contributed by atoms with Crippen LogP contribution < -0.4 is 0 Å². The molecule has 23 heavy (non-hydrogen) atoms. The zero-order valence-electron chi connectivity index (χ0n) is 12.7. The van der Waals surface area contributed by atoms with Crippen LogP contribution in [0.3, 0.4) is 0 Å². The van der Waals surface area contributed by atoms with Crippen molar-refractivity contribution < 1.29 is 13.3 Å². The monoisotopic (exact) mass is 319 g/mol. The summed E-state index contributed by atoms with van der Waals surface area (Å²) in [5, 5.41) is 8.14. The molecule has 0 unspecified atom stereocenters. The molecular weight excluding hydrogens is 304 g/mol. The number of nitrogens with zero attached hydrogens (tertiary/aromatic N) is 5. The molecule has 0 aliphatic heterocycles. The zero-order valence-corrected chi connectivity index (χ0v) is 12.7. The Balaban J connectivity index is 1.80. The molecule has 6 nitrogen and oxygen atoms in total. The molecule has 0 atom stereocenters. The van der Waals surface area contributed by atoms with Crippen LogP contribution in [0, 0.1) is 11.6 Å². The van der Waals surface area contributed by atoms with E-state index in [4.69, 9.17) is 4.52 Å². The van der Waals surface area contributed by atoms with E-state index in [2.05, 4.69) is 20.1 Å². The molecule has 8 heteroatoms. The average Bonchev–Trinajstić information content (AvgIpc) is 3.16. The smallest absolute Gasteiger partial charge is 0.278 e. The summed E-state index contributed by atoms with van der Waals surface area (Å²) in [6.07, 6.45) is 1.82.